The molecule has 0 spiro atoms. The second-order valence-corrected chi connectivity index (χ2v) is 11.7. The maximum atomic E-state index is 14.1. The number of pyridine rings is 2. The van der Waals surface area contributed by atoms with Gasteiger partial charge in [-0.3, -0.25) is 24.0 Å². The van der Waals surface area contributed by atoms with Crippen LogP contribution in [0.4, 0.5) is 4.79 Å². The van der Waals surface area contributed by atoms with Gasteiger partial charge in [-0.05, 0) is 54.2 Å². The van der Waals surface area contributed by atoms with Crippen molar-refractivity contribution in [2.24, 2.45) is 7.05 Å². The fourth-order valence-electron chi connectivity index (χ4n) is 6.19. The number of ether oxygens (including phenoxy) is 1. The summed E-state index contributed by atoms with van der Waals surface area (Å²) >= 11 is 0. The minimum atomic E-state index is -0.980. The molecule has 1 amide bonds. The number of aliphatic hydroxyl groups is 1. The van der Waals surface area contributed by atoms with Gasteiger partial charge in [0, 0.05) is 43.1 Å². The zero-order valence-electron chi connectivity index (χ0n) is 25.4. The Morgan fingerprint density at radius 2 is 1.83 bits per heavy atom. The minimum Gasteiger partial charge on any atom is -0.445 e. The van der Waals surface area contributed by atoms with Crippen molar-refractivity contribution in [2.45, 2.75) is 38.0 Å². The number of aryl methyl sites for hydroxylation is 1. The summed E-state index contributed by atoms with van der Waals surface area (Å²) in [4.78, 5) is 42.4. The molecule has 11 heteroatoms. The highest BCUT2D eigenvalue weighted by molar-refractivity contribution is 6.04. The maximum absolute atomic E-state index is 14.1. The number of carbonyl (C=O) groups excluding carboxylic acids is 1. The van der Waals surface area contributed by atoms with Crippen LogP contribution in [-0.2, 0) is 24.8 Å². The van der Waals surface area contributed by atoms with Crippen molar-refractivity contribution in [3.05, 3.63) is 119 Å². The van der Waals surface area contributed by atoms with Crippen molar-refractivity contribution in [2.75, 3.05) is 13.1 Å². The summed E-state index contributed by atoms with van der Waals surface area (Å²) in [5.74, 6) is 0. The highest BCUT2D eigenvalue weighted by Crippen LogP contribution is 2.28. The van der Waals surface area contributed by atoms with Crippen LogP contribution in [0.15, 0.2) is 96.6 Å². The third-order valence-electron chi connectivity index (χ3n) is 8.55. The summed E-state index contributed by atoms with van der Waals surface area (Å²) in [6.07, 6.45) is 8.91. The molecule has 5 heterocycles. The molecule has 46 heavy (non-hydrogen) atoms. The standard InChI is InChI=1S/C35H33N7O4/c1-40-19-26(18-39-40)29-12-11-24(17-37-29)15-25-16-28-33(32-27(25)9-5-13-36-32)38-22-42(34(28)44)30-10-6-14-41(20-31(30)43)35(45)46-21-23-7-3-2-4-8-23/h2-5,7-9,11-13,16-19,22,30-31,43H,6,10,14-15,20-21H2,1H3. The topological polar surface area (TPSA) is 128 Å². The number of benzene rings is 2. The van der Waals surface area contributed by atoms with Gasteiger partial charge >= 0.3 is 6.09 Å². The fourth-order valence-corrected chi connectivity index (χ4v) is 6.19. The van der Waals surface area contributed by atoms with Gasteiger partial charge in [-0.2, -0.15) is 5.10 Å². The van der Waals surface area contributed by atoms with Gasteiger partial charge in [-0.1, -0.05) is 42.5 Å². The molecule has 1 aliphatic heterocycles. The van der Waals surface area contributed by atoms with E-state index in [4.69, 9.17) is 4.74 Å². The number of likely N-dealkylation sites (tertiary alicyclic amines) is 1. The first kappa shape index (κ1) is 29.3. The van der Waals surface area contributed by atoms with Gasteiger partial charge < -0.3 is 14.7 Å². The Morgan fingerprint density at radius 1 is 0.978 bits per heavy atom. The van der Waals surface area contributed by atoms with E-state index in [1.54, 1.807) is 17.1 Å². The Kier molecular flexibility index (Phi) is 7.98. The molecule has 232 valence electrons. The molecule has 0 aliphatic carbocycles. The summed E-state index contributed by atoms with van der Waals surface area (Å²) in [6, 6.07) is 18.7. The van der Waals surface area contributed by atoms with E-state index in [1.807, 2.05) is 80.1 Å². The average Bonchev–Trinajstić information content (AvgIpc) is 3.43. The monoisotopic (exact) mass is 615 g/mol. The first-order valence-corrected chi connectivity index (χ1v) is 15.3. The molecular formula is C35H33N7O4. The molecule has 4 aromatic heterocycles. The van der Waals surface area contributed by atoms with E-state index in [2.05, 4.69) is 20.1 Å². The Morgan fingerprint density at radius 3 is 2.61 bits per heavy atom. The van der Waals surface area contributed by atoms with Gasteiger partial charge in [-0.15, -0.1) is 0 Å². The van der Waals surface area contributed by atoms with E-state index in [1.165, 1.54) is 15.8 Å². The van der Waals surface area contributed by atoms with Gasteiger partial charge in [0.1, 0.15) is 12.1 Å². The molecule has 2 aromatic carbocycles. The number of fused-ring (bicyclic) bond motifs is 3. The van der Waals surface area contributed by atoms with E-state index in [0.29, 0.717) is 42.2 Å². The zero-order chi connectivity index (χ0) is 31.6. The highest BCUT2D eigenvalue weighted by Gasteiger charge is 2.31. The van der Waals surface area contributed by atoms with Crippen molar-refractivity contribution < 1.29 is 14.6 Å². The largest absolute Gasteiger partial charge is 0.445 e. The van der Waals surface area contributed by atoms with Crippen LogP contribution in [0, 0.1) is 0 Å². The van der Waals surface area contributed by atoms with Gasteiger partial charge in [0.25, 0.3) is 5.56 Å². The number of aromatic nitrogens is 6. The summed E-state index contributed by atoms with van der Waals surface area (Å²) < 4.78 is 8.76. The van der Waals surface area contributed by atoms with Crippen molar-refractivity contribution in [3.63, 3.8) is 0 Å². The normalized spacial score (nSPS) is 16.9. The highest BCUT2D eigenvalue weighted by atomic mass is 16.6. The van der Waals surface area contributed by atoms with Crippen LogP contribution >= 0.6 is 0 Å². The molecule has 0 bridgehead atoms. The number of nitrogens with zero attached hydrogens (tertiary/aromatic N) is 7. The van der Waals surface area contributed by atoms with Crippen molar-refractivity contribution in [3.8, 4) is 11.3 Å². The summed E-state index contributed by atoms with van der Waals surface area (Å²) in [7, 11) is 1.87. The molecule has 0 saturated carbocycles. The molecular weight excluding hydrogens is 582 g/mol. The van der Waals surface area contributed by atoms with E-state index >= 15 is 0 Å². The van der Waals surface area contributed by atoms with Gasteiger partial charge in [0.15, 0.2) is 0 Å². The number of carbonyl (C=O) groups is 1. The molecule has 6 aromatic rings. The van der Waals surface area contributed by atoms with E-state index < -0.39 is 18.2 Å². The van der Waals surface area contributed by atoms with Crippen LogP contribution in [0.3, 0.4) is 0 Å². The molecule has 2 unspecified atom stereocenters. The average molecular weight is 616 g/mol. The molecule has 1 N–H and O–H groups in total. The van der Waals surface area contributed by atoms with Gasteiger partial charge in [-0.25, -0.2) is 9.78 Å². The molecule has 11 nitrogen and oxygen atoms in total. The predicted molar refractivity (Wildman–Crippen MR) is 173 cm³/mol. The van der Waals surface area contributed by atoms with E-state index in [-0.39, 0.29) is 18.7 Å². The Balaban J connectivity index is 1.16. The maximum Gasteiger partial charge on any atom is 0.410 e. The minimum absolute atomic E-state index is 0.0509. The molecule has 0 radical (unpaired) electrons. The third kappa shape index (κ3) is 5.84. The number of amides is 1. The number of rotatable bonds is 6. The van der Waals surface area contributed by atoms with Crippen molar-refractivity contribution >= 4 is 27.9 Å². The Hall–Kier alpha value is -5.42. The summed E-state index contributed by atoms with van der Waals surface area (Å²) in [5.41, 5.74) is 5.47. The SMILES string of the molecule is Cn1cc(-c2ccc(Cc3cc4c(=O)n(C5CCCN(C(=O)OCc6ccccc6)CC5O)cnc4c4ncccc34)cn2)cn1. The van der Waals surface area contributed by atoms with Crippen LogP contribution in [0.5, 0.6) is 0 Å². The molecule has 1 fully saturated rings. The summed E-state index contributed by atoms with van der Waals surface area (Å²) in [6.45, 7) is 0.622. The van der Waals surface area contributed by atoms with Crippen LogP contribution in [0.2, 0.25) is 0 Å². The first-order valence-electron chi connectivity index (χ1n) is 15.3. The molecule has 1 aliphatic rings. The molecule has 7 rings (SSSR count). The lowest BCUT2D eigenvalue weighted by Crippen LogP contribution is -2.40. The molecule has 2 atom stereocenters. The van der Waals surface area contributed by atoms with Gasteiger partial charge in [0.05, 0.1) is 47.8 Å². The second-order valence-electron chi connectivity index (χ2n) is 11.7. The first-order chi connectivity index (χ1) is 22.4. The summed E-state index contributed by atoms with van der Waals surface area (Å²) in [5, 5.41) is 16.8. The van der Waals surface area contributed by atoms with Gasteiger partial charge in [0.2, 0.25) is 0 Å². The van der Waals surface area contributed by atoms with Crippen LogP contribution in [0.1, 0.15) is 35.6 Å². The van der Waals surface area contributed by atoms with Crippen molar-refractivity contribution in [1.82, 2.24) is 34.2 Å². The molecule has 1 saturated heterocycles. The van der Waals surface area contributed by atoms with Crippen molar-refractivity contribution in [1.29, 1.82) is 0 Å². The van der Waals surface area contributed by atoms with Crippen LogP contribution in [0.25, 0.3) is 33.1 Å². The van der Waals surface area contributed by atoms with E-state index in [0.717, 1.165) is 33.3 Å². The third-order valence-corrected chi connectivity index (χ3v) is 8.55. The lowest BCUT2D eigenvalue weighted by atomic mass is 9.98. The number of hydrogen-bond acceptors (Lipinski definition) is 8. The van der Waals surface area contributed by atoms with E-state index in [9.17, 15) is 14.7 Å². The second kappa shape index (κ2) is 12.5. The smallest absolute Gasteiger partial charge is 0.410 e. The number of β-amino-alcohol motifs (C(OH)–C–C–N with tert-alkyl or cyclic N) is 1. The van der Waals surface area contributed by atoms with Crippen LogP contribution in [-0.4, -0.2) is 64.6 Å². The lowest BCUT2D eigenvalue weighted by Gasteiger charge is -2.25. The fraction of sp³-hybridized carbons (Fsp3) is 0.257. The zero-order valence-corrected chi connectivity index (χ0v) is 25.4. The predicted octanol–water partition coefficient (Wildman–Crippen LogP) is 4.67. The Bertz CT molecular complexity index is 2080. The van der Waals surface area contributed by atoms with Crippen LogP contribution < -0.4 is 5.56 Å². The number of aliphatic hydroxyl groups excluding tert-OH is 1. The lowest BCUT2D eigenvalue weighted by molar-refractivity contribution is 0.0597. The Labute approximate surface area is 264 Å². The quantitative estimate of drug-likeness (QED) is 0.268. The number of hydrogen-bond donors (Lipinski definition) is 1.